The molecule has 0 aromatic carbocycles. The van der Waals surface area contributed by atoms with Crippen LogP contribution in [0.1, 0.15) is 54.7 Å². The molecule has 0 unspecified atom stereocenters. The predicted octanol–water partition coefficient (Wildman–Crippen LogP) is 1.33. The lowest BCUT2D eigenvalue weighted by Gasteiger charge is -2.30. The van der Waals surface area contributed by atoms with Gasteiger partial charge in [0, 0.05) is 12.5 Å². The highest BCUT2D eigenvalue weighted by atomic mass is 16.1. The van der Waals surface area contributed by atoms with E-state index in [0.717, 1.165) is 57.6 Å². The molecule has 0 atom stereocenters. The van der Waals surface area contributed by atoms with E-state index in [-0.39, 0.29) is 5.91 Å². The van der Waals surface area contributed by atoms with E-state index >= 15 is 0 Å². The van der Waals surface area contributed by atoms with E-state index in [1.807, 2.05) is 0 Å². The van der Waals surface area contributed by atoms with E-state index in [1.165, 1.54) is 0 Å². The summed E-state index contributed by atoms with van der Waals surface area (Å²) in [4.78, 5) is 14.7. The average Bonchev–Trinajstić information content (AvgIpc) is 3.28. The summed E-state index contributed by atoms with van der Waals surface area (Å²) in [5.41, 5.74) is 7.87. The molecule has 2 fully saturated rings. The van der Waals surface area contributed by atoms with Crippen LogP contribution in [0, 0.1) is 5.92 Å². The maximum atomic E-state index is 12.2. The van der Waals surface area contributed by atoms with Gasteiger partial charge in [-0.25, -0.2) is 0 Å². The first kappa shape index (κ1) is 14.4. The number of amides is 1. The Morgan fingerprint density at radius 2 is 2.10 bits per heavy atom. The third kappa shape index (κ3) is 3.20. The Morgan fingerprint density at radius 1 is 1.38 bits per heavy atom. The summed E-state index contributed by atoms with van der Waals surface area (Å²) in [7, 11) is 0. The second-order valence-electron chi connectivity index (χ2n) is 6.26. The van der Waals surface area contributed by atoms with Gasteiger partial charge in [-0.2, -0.15) is 5.10 Å². The number of H-pyrrole nitrogens is 1. The zero-order chi connectivity index (χ0) is 14.8. The number of aromatic nitrogens is 2. The minimum atomic E-state index is -0.145. The highest BCUT2D eigenvalue weighted by molar-refractivity contribution is 5.97. The summed E-state index contributed by atoms with van der Waals surface area (Å²) < 4.78 is 0. The van der Waals surface area contributed by atoms with Crippen LogP contribution in [0.5, 0.6) is 0 Å². The number of nitrogens with zero attached hydrogens (tertiary/aromatic N) is 2. The van der Waals surface area contributed by atoms with Gasteiger partial charge in [0.1, 0.15) is 0 Å². The smallest absolute Gasteiger partial charge is 0.273 e. The topological polar surface area (TPSA) is 87.0 Å². The van der Waals surface area contributed by atoms with Gasteiger partial charge in [-0.3, -0.25) is 9.89 Å². The first-order valence-electron chi connectivity index (χ1n) is 8.03. The van der Waals surface area contributed by atoms with E-state index in [4.69, 9.17) is 5.73 Å². The van der Waals surface area contributed by atoms with Crippen molar-refractivity contribution in [2.45, 2.75) is 38.5 Å². The fraction of sp³-hybridized carbons (Fsp3) is 0.733. The molecule has 6 heteroatoms. The second-order valence-corrected chi connectivity index (χ2v) is 6.26. The number of anilines is 1. The molecule has 1 aromatic rings. The molecule has 21 heavy (non-hydrogen) atoms. The number of carbonyl (C=O) groups excluding carboxylic acids is 1. The minimum absolute atomic E-state index is 0.145. The first-order chi connectivity index (χ1) is 10.2. The maximum Gasteiger partial charge on any atom is 0.273 e. The number of hydrogen-bond acceptors (Lipinski definition) is 4. The summed E-state index contributed by atoms with van der Waals surface area (Å²) in [6.45, 7) is 6.30. The molecule has 116 valence electrons. The van der Waals surface area contributed by atoms with Gasteiger partial charge in [0.25, 0.3) is 5.91 Å². The van der Waals surface area contributed by atoms with E-state index in [9.17, 15) is 4.79 Å². The Bertz CT molecular complexity index is 500. The Balaban J connectivity index is 1.50. The van der Waals surface area contributed by atoms with Crippen molar-refractivity contribution in [2.75, 3.05) is 31.9 Å². The van der Waals surface area contributed by atoms with E-state index < -0.39 is 0 Å². The van der Waals surface area contributed by atoms with E-state index in [1.54, 1.807) is 0 Å². The van der Waals surface area contributed by atoms with Crippen molar-refractivity contribution in [2.24, 2.45) is 5.92 Å². The quantitative estimate of drug-likeness (QED) is 0.764. The van der Waals surface area contributed by atoms with Gasteiger partial charge in [0.2, 0.25) is 0 Å². The summed E-state index contributed by atoms with van der Waals surface area (Å²) >= 11 is 0. The summed E-state index contributed by atoms with van der Waals surface area (Å²) in [5, 5.41) is 10.0. The molecular formula is C15H25N5O. The summed E-state index contributed by atoms with van der Waals surface area (Å²) in [5.74, 6) is 0.908. The van der Waals surface area contributed by atoms with Crippen LogP contribution in [0.4, 0.5) is 5.69 Å². The third-order valence-electron chi connectivity index (χ3n) is 4.74. The molecule has 1 amide bonds. The van der Waals surface area contributed by atoms with Gasteiger partial charge in [-0.15, -0.1) is 0 Å². The normalized spacial score (nSPS) is 20.6. The van der Waals surface area contributed by atoms with Crippen molar-refractivity contribution in [3.05, 3.63) is 11.4 Å². The number of hydrogen-bond donors (Lipinski definition) is 3. The van der Waals surface area contributed by atoms with Crippen LogP contribution in [0.15, 0.2) is 0 Å². The van der Waals surface area contributed by atoms with Crippen LogP contribution in [0.2, 0.25) is 0 Å². The molecule has 3 rings (SSSR count). The number of nitrogens with one attached hydrogen (secondary N) is 2. The van der Waals surface area contributed by atoms with Crippen molar-refractivity contribution < 1.29 is 4.79 Å². The number of rotatable bonds is 5. The molecule has 0 radical (unpaired) electrons. The van der Waals surface area contributed by atoms with Crippen LogP contribution in [-0.2, 0) is 0 Å². The number of nitrogens with two attached hydrogens (primary N) is 1. The Labute approximate surface area is 125 Å². The van der Waals surface area contributed by atoms with Gasteiger partial charge in [0.05, 0.1) is 11.4 Å². The van der Waals surface area contributed by atoms with Gasteiger partial charge in [-0.1, -0.05) is 6.92 Å². The number of aromatic amines is 1. The highest BCUT2D eigenvalue weighted by Crippen LogP contribution is 2.42. The fourth-order valence-corrected chi connectivity index (χ4v) is 3.05. The Hall–Kier alpha value is -1.56. The standard InChI is InChI=1S/C15H25N5O/c1-2-20-7-5-10(6-8-20)9-17-15(21)14-12(16)13(18-19-14)11-3-4-11/h10-11H,2-9,16H2,1H3,(H,17,21)(H,18,19). The molecule has 1 saturated heterocycles. The highest BCUT2D eigenvalue weighted by Gasteiger charge is 2.30. The minimum Gasteiger partial charge on any atom is -0.395 e. The second kappa shape index (κ2) is 6.05. The summed E-state index contributed by atoms with van der Waals surface area (Å²) in [6, 6.07) is 0. The van der Waals surface area contributed by atoms with Crippen LogP contribution >= 0.6 is 0 Å². The predicted molar refractivity (Wildman–Crippen MR) is 82.1 cm³/mol. The monoisotopic (exact) mass is 291 g/mol. The van der Waals surface area contributed by atoms with Gasteiger partial charge >= 0.3 is 0 Å². The zero-order valence-electron chi connectivity index (χ0n) is 12.7. The van der Waals surface area contributed by atoms with Crippen molar-refractivity contribution in [1.82, 2.24) is 20.4 Å². The van der Waals surface area contributed by atoms with Gasteiger partial charge < -0.3 is 16.0 Å². The molecule has 2 heterocycles. The lowest BCUT2D eigenvalue weighted by molar-refractivity contribution is 0.0932. The molecule has 1 saturated carbocycles. The molecule has 1 aliphatic heterocycles. The third-order valence-corrected chi connectivity index (χ3v) is 4.74. The SMILES string of the molecule is CCN1CCC(CNC(=O)c2n[nH]c(C3CC3)c2N)CC1. The van der Waals surface area contributed by atoms with Gasteiger partial charge in [-0.05, 0) is 51.2 Å². The van der Waals surface area contributed by atoms with Crippen molar-refractivity contribution >= 4 is 11.6 Å². The van der Waals surface area contributed by atoms with E-state index in [2.05, 4.69) is 27.3 Å². The first-order valence-corrected chi connectivity index (χ1v) is 8.03. The molecule has 6 nitrogen and oxygen atoms in total. The molecule has 1 aliphatic carbocycles. The zero-order valence-corrected chi connectivity index (χ0v) is 12.7. The average molecular weight is 291 g/mol. The number of likely N-dealkylation sites (tertiary alicyclic amines) is 1. The number of carbonyl (C=O) groups is 1. The molecule has 1 aromatic heterocycles. The fourth-order valence-electron chi connectivity index (χ4n) is 3.05. The van der Waals surface area contributed by atoms with Gasteiger partial charge in [0.15, 0.2) is 5.69 Å². The van der Waals surface area contributed by atoms with E-state index in [0.29, 0.717) is 23.2 Å². The Kier molecular flexibility index (Phi) is 4.14. The van der Waals surface area contributed by atoms with Crippen molar-refractivity contribution in [3.63, 3.8) is 0 Å². The largest absolute Gasteiger partial charge is 0.395 e. The van der Waals surface area contributed by atoms with Crippen molar-refractivity contribution in [3.8, 4) is 0 Å². The number of nitrogen functional groups attached to an aromatic ring is 1. The lowest BCUT2D eigenvalue weighted by Crippen LogP contribution is -2.38. The van der Waals surface area contributed by atoms with Crippen molar-refractivity contribution in [1.29, 1.82) is 0 Å². The molecule has 0 spiro atoms. The maximum absolute atomic E-state index is 12.2. The molecule has 2 aliphatic rings. The molecular weight excluding hydrogens is 266 g/mol. The van der Waals surface area contributed by atoms with Crippen LogP contribution in [-0.4, -0.2) is 47.2 Å². The molecule has 4 N–H and O–H groups in total. The molecule has 0 bridgehead atoms. The van der Waals surface area contributed by atoms with Crippen LogP contribution in [0.3, 0.4) is 0 Å². The number of piperidine rings is 1. The lowest BCUT2D eigenvalue weighted by atomic mass is 9.97. The van der Waals surface area contributed by atoms with Crippen LogP contribution in [0.25, 0.3) is 0 Å². The van der Waals surface area contributed by atoms with Crippen LogP contribution < -0.4 is 11.1 Å². The Morgan fingerprint density at radius 3 is 2.71 bits per heavy atom. The summed E-state index contributed by atoms with van der Waals surface area (Å²) in [6.07, 6.45) is 4.59.